The van der Waals surface area contributed by atoms with Gasteiger partial charge in [-0.1, -0.05) is 30.7 Å². The van der Waals surface area contributed by atoms with Crippen molar-refractivity contribution in [3.05, 3.63) is 46.2 Å². The van der Waals surface area contributed by atoms with Crippen LogP contribution in [0.15, 0.2) is 24.3 Å². The Morgan fingerprint density at radius 2 is 2.00 bits per heavy atom. The van der Waals surface area contributed by atoms with Gasteiger partial charge in [-0.25, -0.2) is 0 Å². The molecule has 4 nitrogen and oxygen atoms in total. The van der Waals surface area contributed by atoms with Gasteiger partial charge < -0.3 is 10.5 Å². The maximum atomic E-state index is 6.28. The summed E-state index contributed by atoms with van der Waals surface area (Å²) in [5.41, 5.74) is 8.70. The van der Waals surface area contributed by atoms with Crippen molar-refractivity contribution < 1.29 is 4.74 Å². The zero-order chi connectivity index (χ0) is 14.7. The number of nitrogens with zero attached hydrogens (tertiary/aromatic N) is 2. The molecule has 0 saturated carbocycles. The monoisotopic (exact) mass is 293 g/mol. The molecular weight excluding hydrogens is 274 g/mol. The minimum atomic E-state index is 0.0303. The van der Waals surface area contributed by atoms with Crippen LogP contribution in [0.2, 0.25) is 5.02 Å². The van der Waals surface area contributed by atoms with E-state index in [-0.39, 0.29) is 6.04 Å². The molecule has 2 N–H and O–H groups in total. The number of aromatic nitrogens is 2. The lowest BCUT2D eigenvalue weighted by Crippen LogP contribution is -2.05. The highest BCUT2D eigenvalue weighted by molar-refractivity contribution is 6.31. The summed E-state index contributed by atoms with van der Waals surface area (Å²) >= 11 is 6.28. The first-order chi connectivity index (χ1) is 9.52. The maximum Gasteiger partial charge on any atom is 0.131 e. The average molecular weight is 294 g/mol. The average Bonchev–Trinajstić information content (AvgIpc) is 2.71. The second-order valence-corrected chi connectivity index (χ2v) is 5.21. The fourth-order valence-electron chi connectivity index (χ4n) is 2.00. The third-order valence-corrected chi connectivity index (χ3v) is 3.72. The second-order valence-electron chi connectivity index (χ2n) is 4.83. The SMILES string of the molecule is CCc1nn(C)c(COc2ccc([C@H](C)N)cc2)c1Cl. The highest BCUT2D eigenvalue weighted by Gasteiger charge is 2.13. The van der Waals surface area contributed by atoms with Gasteiger partial charge in [0.1, 0.15) is 12.4 Å². The van der Waals surface area contributed by atoms with E-state index in [0.717, 1.165) is 29.1 Å². The summed E-state index contributed by atoms with van der Waals surface area (Å²) in [6, 6.07) is 7.82. The normalized spacial score (nSPS) is 12.4. The van der Waals surface area contributed by atoms with Gasteiger partial charge in [0.05, 0.1) is 16.4 Å². The molecule has 0 fully saturated rings. The molecule has 1 heterocycles. The summed E-state index contributed by atoms with van der Waals surface area (Å²) < 4.78 is 7.54. The van der Waals surface area contributed by atoms with Gasteiger partial charge in [-0.15, -0.1) is 0 Å². The van der Waals surface area contributed by atoms with E-state index in [9.17, 15) is 0 Å². The van der Waals surface area contributed by atoms with Crippen molar-refractivity contribution in [1.29, 1.82) is 0 Å². The van der Waals surface area contributed by atoms with E-state index in [4.69, 9.17) is 22.1 Å². The summed E-state index contributed by atoms with van der Waals surface area (Å²) in [5, 5.41) is 5.06. The van der Waals surface area contributed by atoms with Crippen LogP contribution in [0.3, 0.4) is 0 Å². The third-order valence-electron chi connectivity index (χ3n) is 3.28. The molecule has 1 atom stereocenters. The number of nitrogens with two attached hydrogens (primary N) is 1. The lowest BCUT2D eigenvalue weighted by Gasteiger charge is -2.09. The summed E-state index contributed by atoms with van der Waals surface area (Å²) in [4.78, 5) is 0. The first kappa shape index (κ1) is 14.9. The quantitative estimate of drug-likeness (QED) is 0.921. The van der Waals surface area contributed by atoms with E-state index in [0.29, 0.717) is 11.6 Å². The van der Waals surface area contributed by atoms with Crippen molar-refractivity contribution in [2.75, 3.05) is 0 Å². The largest absolute Gasteiger partial charge is 0.487 e. The fraction of sp³-hybridized carbons (Fsp3) is 0.400. The van der Waals surface area contributed by atoms with Crippen LogP contribution in [-0.2, 0) is 20.1 Å². The van der Waals surface area contributed by atoms with Crippen LogP contribution in [0, 0.1) is 0 Å². The highest BCUT2D eigenvalue weighted by Crippen LogP contribution is 2.23. The van der Waals surface area contributed by atoms with Crippen LogP contribution < -0.4 is 10.5 Å². The molecule has 1 aromatic carbocycles. The Morgan fingerprint density at radius 1 is 1.35 bits per heavy atom. The minimum absolute atomic E-state index is 0.0303. The summed E-state index contributed by atoms with van der Waals surface area (Å²) in [6.07, 6.45) is 0.815. The van der Waals surface area contributed by atoms with E-state index in [1.54, 1.807) is 4.68 Å². The van der Waals surface area contributed by atoms with Crippen molar-refractivity contribution >= 4 is 11.6 Å². The van der Waals surface area contributed by atoms with Crippen molar-refractivity contribution in [2.24, 2.45) is 12.8 Å². The van der Waals surface area contributed by atoms with E-state index in [1.807, 2.05) is 45.2 Å². The topological polar surface area (TPSA) is 53.1 Å². The Labute approximate surface area is 124 Å². The number of halogens is 1. The zero-order valence-corrected chi connectivity index (χ0v) is 12.8. The number of rotatable bonds is 5. The van der Waals surface area contributed by atoms with Crippen LogP contribution in [0.5, 0.6) is 5.75 Å². The Morgan fingerprint density at radius 3 is 2.50 bits per heavy atom. The van der Waals surface area contributed by atoms with Crippen molar-refractivity contribution in [3.63, 3.8) is 0 Å². The molecule has 0 saturated heterocycles. The number of benzene rings is 1. The van der Waals surface area contributed by atoms with E-state index in [1.165, 1.54) is 0 Å². The van der Waals surface area contributed by atoms with Gasteiger partial charge >= 0.3 is 0 Å². The molecule has 0 radical (unpaired) electrons. The number of hydrogen-bond donors (Lipinski definition) is 1. The molecular formula is C15H20ClN3O. The molecule has 5 heteroatoms. The molecule has 20 heavy (non-hydrogen) atoms. The van der Waals surface area contributed by atoms with Gasteiger partial charge in [0.2, 0.25) is 0 Å². The first-order valence-electron chi connectivity index (χ1n) is 6.71. The maximum absolute atomic E-state index is 6.28. The molecule has 0 amide bonds. The number of aryl methyl sites for hydroxylation is 2. The fourth-order valence-corrected chi connectivity index (χ4v) is 2.34. The lowest BCUT2D eigenvalue weighted by molar-refractivity contribution is 0.295. The van der Waals surface area contributed by atoms with Crippen molar-refractivity contribution in [2.45, 2.75) is 32.9 Å². The molecule has 0 bridgehead atoms. The van der Waals surface area contributed by atoms with Gasteiger partial charge in [0, 0.05) is 13.1 Å². The second kappa shape index (κ2) is 6.29. The molecule has 0 aliphatic rings. The third kappa shape index (κ3) is 3.14. The molecule has 0 aliphatic heterocycles. The van der Waals surface area contributed by atoms with Crippen molar-refractivity contribution in [1.82, 2.24) is 9.78 Å². The van der Waals surface area contributed by atoms with Crippen LogP contribution in [-0.4, -0.2) is 9.78 Å². The Bertz CT molecular complexity index is 576. The molecule has 108 valence electrons. The number of ether oxygens (including phenoxy) is 1. The zero-order valence-electron chi connectivity index (χ0n) is 12.1. The standard InChI is InChI=1S/C15H20ClN3O/c1-4-13-15(16)14(19(3)18-13)9-20-12-7-5-11(6-8-12)10(2)17/h5-8,10H,4,9,17H2,1-3H3/t10-/m0/s1. The Hall–Kier alpha value is -1.52. The van der Waals surface area contributed by atoms with Gasteiger partial charge in [0.15, 0.2) is 0 Å². The number of hydrogen-bond acceptors (Lipinski definition) is 3. The van der Waals surface area contributed by atoms with Crippen molar-refractivity contribution in [3.8, 4) is 5.75 Å². The molecule has 2 rings (SSSR count). The van der Waals surface area contributed by atoms with Gasteiger partial charge in [-0.2, -0.15) is 5.10 Å². The molecule has 2 aromatic rings. The van der Waals surface area contributed by atoms with E-state index < -0.39 is 0 Å². The predicted molar refractivity (Wildman–Crippen MR) is 81.0 cm³/mol. The van der Waals surface area contributed by atoms with Crippen LogP contribution in [0.1, 0.15) is 36.8 Å². The van der Waals surface area contributed by atoms with Crippen LogP contribution >= 0.6 is 11.6 Å². The van der Waals surface area contributed by atoms with E-state index >= 15 is 0 Å². The van der Waals surface area contributed by atoms with Crippen LogP contribution in [0.4, 0.5) is 0 Å². The summed E-state index contributed by atoms with van der Waals surface area (Å²) in [6.45, 7) is 4.39. The minimum Gasteiger partial charge on any atom is -0.487 e. The molecule has 0 spiro atoms. The van der Waals surface area contributed by atoms with Gasteiger partial charge in [-0.3, -0.25) is 4.68 Å². The molecule has 0 aliphatic carbocycles. The summed E-state index contributed by atoms with van der Waals surface area (Å²) in [7, 11) is 1.88. The Kier molecular flexibility index (Phi) is 4.68. The molecule has 0 unspecified atom stereocenters. The van der Waals surface area contributed by atoms with E-state index in [2.05, 4.69) is 5.10 Å². The predicted octanol–water partition coefficient (Wildman–Crippen LogP) is 3.23. The smallest absolute Gasteiger partial charge is 0.131 e. The Balaban J connectivity index is 2.07. The first-order valence-corrected chi connectivity index (χ1v) is 7.09. The molecule has 1 aromatic heterocycles. The summed E-state index contributed by atoms with van der Waals surface area (Å²) in [5.74, 6) is 0.796. The van der Waals surface area contributed by atoms with Crippen LogP contribution in [0.25, 0.3) is 0 Å². The van der Waals surface area contributed by atoms with Gasteiger partial charge in [-0.05, 0) is 31.0 Å². The lowest BCUT2D eigenvalue weighted by atomic mass is 10.1. The highest BCUT2D eigenvalue weighted by atomic mass is 35.5. The van der Waals surface area contributed by atoms with Gasteiger partial charge in [0.25, 0.3) is 0 Å².